The summed E-state index contributed by atoms with van der Waals surface area (Å²) in [4.78, 5) is 11.6. The van der Waals surface area contributed by atoms with Gasteiger partial charge in [-0.25, -0.2) is 8.42 Å². The highest BCUT2D eigenvalue weighted by Crippen LogP contribution is 2.30. The molecule has 2 fully saturated rings. The summed E-state index contributed by atoms with van der Waals surface area (Å²) in [5, 5.41) is -4.61. The quantitative estimate of drug-likeness (QED) is 0.374. The number of alkyl halides is 2. The van der Waals surface area contributed by atoms with Crippen molar-refractivity contribution in [1.29, 1.82) is 0 Å². The molecule has 1 heterocycles. The van der Waals surface area contributed by atoms with Gasteiger partial charge in [-0.3, -0.25) is 4.79 Å². The highest BCUT2D eigenvalue weighted by molar-refractivity contribution is 7.86. The monoisotopic (exact) mass is 329 g/mol. The Morgan fingerprint density at radius 1 is 1.38 bits per heavy atom. The van der Waals surface area contributed by atoms with E-state index in [1.807, 2.05) is 0 Å². The van der Waals surface area contributed by atoms with Gasteiger partial charge in [-0.1, -0.05) is 0 Å². The van der Waals surface area contributed by atoms with E-state index in [1.165, 1.54) is 0 Å². The topological polar surface area (TPSA) is 105 Å². The molecule has 7 nitrogen and oxygen atoms in total. The molecule has 122 valence electrons. The SMILES string of the molecule is O=C(OCC(F)(F)S(=O)(=O)[O-])C1CCC(OCC2CO2)C1. The summed E-state index contributed by atoms with van der Waals surface area (Å²) >= 11 is 0. The minimum absolute atomic E-state index is 0.0944. The Labute approximate surface area is 120 Å². The average Bonchev–Trinajstić information content (AvgIpc) is 3.09. The molecule has 21 heavy (non-hydrogen) atoms. The van der Waals surface area contributed by atoms with Crippen LogP contribution in [0, 0.1) is 5.92 Å². The van der Waals surface area contributed by atoms with Crippen LogP contribution in [-0.4, -0.2) is 56.2 Å². The second kappa shape index (κ2) is 6.11. The van der Waals surface area contributed by atoms with Gasteiger partial charge < -0.3 is 18.8 Å². The van der Waals surface area contributed by atoms with Crippen molar-refractivity contribution >= 4 is 16.1 Å². The molecule has 0 bridgehead atoms. The molecule has 0 aromatic rings. The lowest BCUT2D eigenvalue weighted by Crippen LogP contribution is -2.35. The fraction of sp³-hybridized carbons (Fsp3) is 0.909. The van der Waals surface area contributed by atoms with E-state index in [9.17, 15) is 26.5 Å². The third kappa shape index (κ3) is 4.56. The molecule has 0 radical (unpaired) electrons. The van der Waals surface area contributed by atoms with Crippen molar-refractivity contribution in [2.45, 2.75) is 36.7 Å². The zero-order valence-electron chi connectivity index (χ0n) is 11.0. The first kappa shape index (κ1) is 16.5. The second-order valence-electron chi connectivity index (χ2n) is 5.12. The molecule has 1 saturated carbocycles. The van der Waals surface area contributed by atoms with Crippen molar-refractivity contribution in [2.75, 3.05) is 19.8 Å². The van der Waals surface area contributed by atoms with Crippen LogP contribution in [0.3, 0.4) is 0 Å². The highest BCUT2D eigenvalue weighted by atomic mass is 32.2. The van der Waals surface area contributed by atoms with E-state index in [0.717, 1.165) is 0 Å². The van der Waals surface area contributed by atoms with E-state index in [4.69, 9.17) is 9.47 Å². The maximum atomic E-state index is 12.9. The molecule has 2 rings (SSSR count). The van der Waals surface area contributed by atoms with E-state index >= 15 is 0 Å². The minimum atomic E-state index is -5.84. The first-order valence-corrected chi connectivity index (χ1v) is 7.83. The Bertz CT molecular complexity index is 489. The Hall–Kier alpha value is -0.840. The van der Waals surface area contributed by atoms with Gasteiger partial charge in [0.1, 0.15) is 6.10 Å². The summed E-state index contributed by atoms with van der Waals surface area (Å²) < 4.78 is 71.2. The van der Waals surface area contributed by atoms with Crippen LogP contribution in [-0.2, 0) is 29.1 Å². The number of ether oxygens (including phenoxy) is 3. The highest BCUT2D eigenvalue weighted by Gasteiger charge is 2.41. The van der Waals surface area contributed by atoms with Crippen LogP contribution in [0.4, 0.5) is 8.78 Å². The normalized spacial score (nSPS) is 29.4. The molecular weight excluding hydrogens is 314 g/mol. The van der Waals surface area contributed by atoms with Crippen molar-refractivity contribution in [1.82, 2.24) is 0 Å². The molecular formula is C11H15F2O7S-. The Kier molecular flexibility index (Phi) is 4.81. The van der Waals surface area contributed by atoms with Crippen molar-refractivity contribution in [3.63, 3.8) is 0 Å². The van der Waals surface area contributed by atoms with E-state index < -0.39 is 33.9 Å². The van der Waals surface area contributed by atoms with Gasteiger partial charge in [0.15, 0.2) is 16.7 Å². The fourth-order valence-corrected chi connectivity index (χ4v) is 2.26. The van der Waals surface area contributed by atoms with Crippen molar-refractivity contribution in [2.24, 2.45) is 5.92 Å². The zero-order chi connectivity index (χ0) is 15.7. The predicted molar refractivity (Wildman–Crippen MR) is 62.4 cm³/mol. The Balaban J connectivity index is 1.73. The van der Waals surface area contributed by atoms with E-state index in [-0.39, 0.29) is 12.2 Å². The summed E-state index contributed by atoms with van der Waals surface area (Å²) in [5.74, 6) is -1.56. The first-order valence-electron chi connectivity index (χ1n) is 6.42. The number of hydrogen-bond acceptors (Lipinski definition) is 7. The number of hydrogen-bond donors (Lipinski definition) is 0. The van der Waals surface area contributed by atoms with Gasteiger partial charge >= 0.3 is 11.2 Å². The van der Waals surface area contributed by atoms with Crippen LogP contribution >= 0.6 is 0 Å². The molecule has 10 heteroatoms. The van der Waals surface area contributed by atoms with Gasteiger partial charge in [0.2, 0.25) is 0 Å². The largest absolute Gasteiger partial charge is 0.743 e. The molecule has 0 aromatic carbocycles. The van der Waals surface area contributed by atoms with Crippen LogP contribution in [0.1, 0.15) is 19.3 Å². The van der Waals surface area contributed by atoms with E-state index in [1.54, 1.807) is 0 Å². The number of epoxide rings is 1. The molecule has 0 amide bonds. The lowest BCUT2D eigenvalue weighted by molar-refractivity contribution is -0.154. The summed E-state index contributed by atoms with van der Waals surface area (Å²) in [7, 11) is -5.84. The van der Waals surface area contributed by atoms with Crippen molar-refractivity contribution in [3.8, 4) is 0 Å². The van der Waals surface area contributed by atoms with Crippen molar-refractivity contribution < 1.29 is 40.8 Å². The van der Waals surface area contributed by atoms with Gasteiger partial charge in [-0.2, -0.15) is 8.78 Å². The Morgan fingerprint density at radius 3 is 2.62 bits per heavy atom. The van der Waals surface area contributed by atoms with Gasteiger partial charge in [-0.15, -0.1) is 0 Å². The van der Waals surface area contributed by atoms with Crippen LogP contribution in [0.15, 0.2) is 0 Å². The number of rotatable bonds is 7. The van der Waals surface area contributed by atoms with Gasteiger partial charge in [0.05, 0.1) is 25.2 Å². The third-order valence-electron chi connectivity index (χ3n) is 3.39. The molecule has 1 aliphatic carbocycles. The van der Waals surface area contributed by atoms with Gasteiger partial charge in [-0.05, 0) is 19.3 Å². The lowest BCUT2D eigenvalue weighted by Gasteiger charge is -2.20. The number of carbonyl (C=O) groups is 1. The van der Waals surface area contributed by atoms with Crippen LogP contribution in [0.25, 0.3) is 0 Å². The molecule has 3 atom stereocenters. The van der Waals surface area contributed by atoms with E-state index in [2.05, 4.69) is 4.74 Å². The van der Waals surface area contributed by atoms with Crippen LogP contribution in [0.2, 0.25) is 0 Å². The maximum Gasteiger partial charge on any atom is 0.367 e. The summed E-state index contributed by atoms with van der Waals surface area (Å²) in [5.41, 5.74) is 0. The minimum Gasteiger partial charge on any atom is -0.743 e. The van der Waals surface area contributed by atoms with Gasteiger partial charge in [0, 0.05) is 0 Å². The Morgan fingerprint density at radius 2 is 2.05 bits per heavy atom. The number of esters is 1. The molecule has 2 aliphatic rings. The predicted octanol–water partition coefficient (Wildman–Crippen LogP) is 0.252. The molecule has 3 unspecified atom stereocenters. The average molecular weight is 329 g/mol. The van der Waals surface area contributed by atoms with Crippen molar-refractivity contribution in [3.05, 3.63) is 0 Å². The number of halogens is 2. The molecule has 0 N–H and O–H groups in total. The third-order valence-corrected chi connectivity index (χ3v) is 4.24. The van der Waals surface area contributed by atoms with Crippen LogP contribution in [0.5, 0.6) is 0 Å². The second-order valence-corrected chi connectivity index (χ2v) is 6.63. The zero-order valence-corrected chi connectivity index (χ0v) is 11.8. The van der Waals surface area contributed by atoms with Gasteiger partial charge in [0.25, 0.3) is 0 Å². The lowest BCUT2D eigenvalue weighted by atomic mass is 10.1. The maximum absolute atomic E-state index is 12.9. The summed E-state index contributed by atoms with van der Waals surface area (Å²) in [6.45, 7) is -0.675. The standard InChI is InChI=1S/C11H16F2O7S/c12-11(13,21(15,16)17)6-20-10(14)7-1-2-8(3-7)18-4-9-5-19-9/h7-9H,1-6H2,(H,15,16,17)/p-1. The summed E-state index contributed by atoms with van der Waals surface area (Å²) in [6, 6.07) is 0. The molecule has 1 aliphatic heterocycles. The summed E-state index contributed by atoms with van der Waals surface area (Å²) in [6.07, 6.45) is 1.24. The first-order chi connectivity index (χ1) is 9.69. The molecule has 0 aromatic heterocycles. The smallest absolute Gasteiger partial charge is 0.367 e. The molecule has 1 saturated heterocycles. The fourth-order valence-electron chi connectivity index (χ4n) is 2.06. The van der Waals surface area contributed by atoms with E-state index in [0.29, 0.717) is 32.5 Å². The molecule has 0 spiro atoms. The number of carbonyl (C=O) groups excluding carboxylic acids is 1. The van der Waals surface area contributed by atoms with Crippen LogP contribution < -0.4 is 0 Å².